The summed E-state index contributed by atoms with van der Waals surface area (Å²) in [5.74, 6) is -0.831. The molecule has 0 amide bonds. The normalized spacial score (nSPS) is 12.0. The molecule has 0 aliphatic rings. The fourth-order valence-electron chi connectivity index (χ4n) is 10.4. The molecule has 0 aromatic carbocycles. The predicted octanol–water partition coefficient (Wildman–Crippen LogP) is 22.8. The van der Waals surface area contributed by atoms with Gasteiger partial charge in [0.05, 0.1) is 0 Å². The molecule has 0 heterocycles. The fraction of sp³-hybridized carbons (Fsp3) is 0.926. The lowest BCUT2D eigenvalue weighted by atomic mass is 10.0. The Bertz CT molecular complexity index is 1150. The van der Waals surface area contributed by atoms with Crippen LogP contribution in [0.3, 0.4) is 0 Å². The molecule has 0 bridgehead atoms. The van der Waals surface area contributed by atoms with Crippen molar-refractivity contribution in [3.05, 3.63) is 12.2 Å². The summed E-state index contributed by atoms with van der Waals surface area (Å²) in [5, 5.41) is 0. The zero-order valence-corrected chi connectivity index (χ0v) is 50.4. The van der Waals surface area contributed by atoms with E-state index in [0.29, 0.717) is 19.3 Å². The first kappa shape index (κ1) is 72.2. The Kier molecular flexibility index (Phi) is 62.1. The van der Waals surface area contributed by atoms with E-state index < -0.39 is 6.10 Å². The number of rotatable bonds is 63. The van der Waals surface area contributed by atoms with E-state index >= 15 is 0 Å². The van der Waals surface area contributed by atoms with Crippen LogP contribution in [0.15, 0.2) is 12.2 Å². The van der Waals surface area contributed by atoms with Gasteiger partial charge in [-0.1, -0.05) is 335 Å². The van der Waals surface area contributed by atoms with Crippen LogP contribution in [0.25, 0.3) is 0 Å². The highest BCUT2D eigenvalue weighted by molar-refractivity contribution is 5.71. The maximum atomic E-state index is 12.9. The molecule has 6 nitrogen and oxygen atoms in total. The highest BCUT2D eigenvalue weighted by Gasteiger charge is 2.19. The smallest absolute Gasteiger partial charge is 0.306 e. The lowest BCUT2D eigenvalue weighted by Gasteiger charge is -2.18. The lowest BCUT2D eigenvalue weighted by molar-refractivity contribution is -0.167. The van der Waals surface area contributed by atoms with Crippen molar-refractivity contribution in [3.8, 4) is 0 Å². The van der Waals surface area contributed by atoms with Crippen LogP contribution >= 0.6 is 0 Å². The van der Waals surface area contributed by atoms with E-state index in [1.807, 2.05) is 0 Å². The van der Waals surface area contributed by atoms with Gasteiger partial charge in [0.15, 0.2) is 6.10 Å². The highest BCUT2D eigenvalue weighted by Crippen LogP contribution is 2.18. The first-order valence-electron chi connectivity index (χ1n) is 33.7. The van der Waals surface area contributed by atoms with Crippen LogP contribution in [0.5, 0.6) is 0 Å². The summed E-state index contributed by atoms with van der Waals surface area (Å²) in [6, 6.07) is 0. The molecular formula is C68H130O6. The average Bonchev–Trinajstić information content (AvgIpc) is 3.40. The van der Waals surface area contributed by atoms with Crippen molar-refractivity contribution in [1.82, 2.24) is 0 Å². The zero-order valence-electron chi connectivity index (χ0n) is 50.4. The second kappa shape index (κ2) is 63.7. The molecule has 0 saturated heterocycles. The predicted molar refractivity (Wildman–Crippen MR) is 321 cm³/mol. The van der Waals surface area contributed by atoms with Gasteiger partial charge < -0.3 is 14.2 Å². The lowest BCUT2D eigenvalue weighted by Crippen LogP contribution is -2.30. The van der Waals surface area contributed by atoms with Gasteiger partial charge in [-0.15, -0.1) is 0 Å². The van der Waals surface area contributed by atoms with Crippen LogP contribution in [-0.2, 0) is 28.6 Å². The van der Waals surface area contributed by atoms with E-state index in [1.165, 1.54) is 289 Å². The summed E-state index contributed by atoms with van der Waals surface area (Å²) >= 11 is 0. The van der Waals surface area contributed by atoms with E-state index in [9.17, 15) is 14.4 Å². The largest absolute Gasteiger partial charge is 0.462 e. The van der Waals surface area contributed by atoms with Crippen molar-refractivity contribution in [2.24, 2.45) is 0 Å². The summed E-state index contributed by atoms with van der Waals surface area (Å²) < 4.78 is 17.0. The molecular weight excluding hydrogens is 913 g/mol. The van der Waals surface area contributed by atoms with E-state index in [2.05, 4.69) is 32.9 Å². The Morgan fingerprint density at radius 2 is 0.446 bits per heavy atom. The average molecular weight is 1040 g/mol. The third-order valence-corrected chi connectivity index (χ3v) is 15.5. The molecule has 0 aromatic rings. The monoisotopic (exact) mass is 1040 g/mol. The molecule has 0 aliphatic heterocycles. The standard InChI is InChI=1S/C68H130O6/c1-4-7-10-13-16-19-22-25-28-31-33-34-35-38-40-43-46-49-52-55-58-61-67(70)73-64-65(63-72-66(69)60-57-54-51-48-45-42-39-36-30-27-24-21-18-15-12-9-6-3)74-68(71)62-59-56-53-50-47-44-41-37-32-29-26-23-20-17-14-11-8-5-2/h31,33,65H,4-30,32,34-64H2,1-3H3/b33-31-. The van der Waals surface area contributed by atoms with Crippen LogP contribution < -0.4 is 0 Å². The maximum absolute atomic E-state index is 12.9. The minimum absolute atomic E-state index is 0.0635. The van der Waals surface area contributed by atoms with Crippen molar-refractivity contribution < 1.29 is 28.6 Å². The van der Waals surface area contributed by atoms with Crippen molar-refractivity contribution in [1.29, 1.82) is 0 Å². The molecule has 0 spiro atoms. The summed E-state index contributed by atoms with van der Waals surface area (Å²) in [7, 11) is 0. The highest BCUT2D eigenvalue weighted by atomic mass is 16.6. The van der Waals surface area contributed by atoms with Gasteiger partial charge in [-0.25, -0.2) is 0 Å². The van der Waals surface area contributed by atoms with Crippen LogP contribution in [-0.4, -0.2) is 37.2 Å². The first-order valence-corrected chi connectivity index (χ1v) is 33.7. The number of hydrogen-bond acceptors (Lipinski definition) is 6. The topological polar surface area (TPSA) is 78.9 Å². The van der Waals surface area contributed by atoms with E-state index in [0.717, 1.165) is 57.8 Å². The third-order valence-electron chi connectivity index (χ3n) is 15.5. The van der Waals surface area contributed by atoms with Crippen LogP contribution in [0, 0.1) is 0 Å². The van der Waals surface area contributed by atoms with Crippen LogP contribution in [0.4, 0.5) is 0 Å². The SMILES string of the molecule is CCCCCCCCCC/C=C\CCCCCCCCCCCC(=O)OCC(COC(=O)CCCCCCCCCCCCCCCCCCC)OC(=O)CCCCCCCCCCCCCCCCCCCC. The first-order chi connectivity index (χ1) is 36.5. The Labute approximate surface area is 462 Å². The molecule has 1 unspecified atom stereocenters. The summed E-state index contributed by atoms with van der Waals surface area (Å²) in [6.07, 6.45) is 75.1. The van der Waals surface area contributed by atoms with Gasteiger partial charge in [0.2, 0.25) is 0 Å². The quantitative estimate of drug-likeness (QED) is 0.0261. The molecule has 0 aromatic heterocycles. The van der Waals surface area contributed by atoms with Gasteiger partial charge in [-0.3, -0.25) is 14.4 Å². The molecule has 0 N–H and O–H groups in total. The summed E-state index contributed by atoms with van der Waals surface area (Å²) in [4.78, 5) is 38.4. The molecule has 0 saturated carbocycles. The van der Waals surface area contributed by atoms with Crippen molar-refractivity contribution in [3.63, 3.8) is 0 Å². The van der Waals surface area contributed by atoms with Crippen molar-refractivity contribution >= 4 is 17.9 Å². The van der Waals surface area contributed by atoms with Gasteiger partial charge in [-0.05, 0) is 44.9 Å². The molecule has 6 heteroatoms. The minimum Gasteiger partial charge on any atom is -0.462 e. The number of allylic oxidation sites excluding steroid dienone is 2. The van der Waals surface area contributed by atoms with Gasteiger partial charge in [0.1, 0.15) is 13.2 Å². The van der Waals surface area contributed by atoms with E-state index in [1.54, 1.807) is 0 Å². The molecule has 0 fully saturated rings. The van der Waals surface area contributed by atoms with Crippen LogP contribution in [0.2, 0.25) is 0 Å². The number of ether oxygens (including phenoxy) is 3. The third kappa shape index (κ3) is 61.0. The van der Waals surface area contributed by atoms with Gasteiger partial charge in [-0.2, -0.15) is 0 Å². The van der Waals surface area contributed by atoms with Gasteiger partial charge in [0.25, 0.3) is 0 Å². The Hall–Kier alpha value is -1.85. The Morgan fingerprint density at radius 3 is 0.676 bits per heavy atom. The van der Waals surface area contributed by atoms with Crippen LogP contribution in [0.1, 0.15) is 387 Å². The second-order valence-corrected chi connectivity index (χ2v) is 23.1. The fourth-order valence-corrected chi connectivity index (χ4v) is 10.4. The van der Waals surface area contributed by atoms with Crippen molar-refractivity contribution in [2.75, 3.05) is 13.2 Å². The maximum Gasteiger partial charge on any atom is 0.306 e. The second-order valence-electron chi connectivity index (χ2n) is 23.1. The van der Waals surface area contributed by atoms with Gasteiger partial charge >= 0.3 is 17.9 Å². The van der Waals surface area contributed by atoms with E-state index in [-0.39, 0.29) is 31.1 Å². The molecule has 438 valence electrons. The summed E-state index contributed by atoms with van der Waals surface area (Å²) in [6.45, 7) is 6.73. The number of hydrogen-bond donors (Lipinski definition) is 0. The molecule has 0 aliphatic carbocycles. The molecule has 0 radical (unpaired) electrons. The minimum atomic E-state index is -0.766. The number of unbranched alkanes of at least 4 members (excludes halogenated alkanes) is 50. The Morgan fingerprint density at radius 1 is 0.257 bits per heavy atom. The summed E-state index contributed by atoms with van der Waals surface area (Å²) in [5.41, 5.74) is 0. The number of carbonyl (C=O) groups is 3. The zero-order chi connectivity index (χ0) is 53.6. The van der Waals surface area contributed by atoms with Crippen molar-refractivity contribution in [2.45, 2.75) is 393 Å². The molecule has 74 heavy (non-hydrogen) atoms. The Balaban J connectivity index is 4.29. The molecule has 1 atom stereocenters. The number of esters is 3. The van der Waals surface area contributed by atoms with Gasteiger partial charge in [0, 0.05) is 19.3 Å². The molecule has 0 rings (SSSR count). The van der Waals surface area contributed by atoms with E-state index in [4.69, 9.17) is 14.2 Å². The number of carbonyl (C=O) groups excluding carboxylic acids is 3.